The number of carbonyl (C=O) groups is 2. The number of hydrogen-bond acceptors (Lipinski definition) is 4. The molecule has 1 saturated carbocycles. The van der Waals surface area contributed by atoms with Gasteiger partial charge in [-0.05, 0) is 50.7 Å². The van der Waals surface area contributed by atoms with Crippen molar-refractivity contribution in [1.29, 1.82) is 0 Å². The normalized spacial score (nSPS) is 22.3. The van der Waals surface area contributed by atoms with Crippen LogP contribution in [0.1, 0.15) is 53.4 Å². The summed E-state index contributed by atoms with van der Waals surface area (Å²) in [6.45, 7) is 12.8. The number of urea groups is 1. The molecule has 25 heavy (non-hydrogen) atoms. The van der Waals surface area contributed by atoms with Gasteiger partial charge in [0.05, 0.1) is 13.4 Å². The fourth-order valence-electron chi connectivity index (χ4n) is 2.63. The number of hydrogen-bond donors (Lipinski definition) is 2. The van der Waals surface area contributed by atoms with E-state index in [1.54, 1.807) is 6.92 Å². The summed E-state index contributed by atoms with van der Waals surface area (Å²) in [6.07, 6.45) is 5.23. The monoisotopic (exact) mass is 370 g/mol. The second kappa shape index (κ2) is 8.85. The van der Waals surface area contributed by atoms with E-state index in [1.807, 2.05) is 0 Å². The van der Waals surface area contributed by atoms with Crippen molar-refractivity contribution in [3.8, 4) is 0 Å². The van der Waals surface area contributed by atoms with Crippen molar-refractivity contribution in [2.45, 2.75) is 83.7 Å². The minimum absolute atomic E-state index is 0.0306. The molecule has 144 valence electrons. The van der Waals surface area contributed by atoms with Crippen LogP contribution >= 0.6 is 0 Å². The van der Waals surface area contributed by atoms with Crippen LogP contribution in [0.2, 0.25) is 18.1 Å². The van der Waals surface area contributed by atoms with E-state index in [-0.39, 0.29) is 17.2 Å². The van der Waals surface area contributed by atoms with Gasteiger partial charge in [-0.25, -0.2) is 4.79 Å². The summed E-state index contributed by atoms with van der Waals surface area (Å²) in [5.41, 5.74) is 0.348. The molecular formula is C18H34N2O4Si. The lowest BCUT2D eigenvalue weighted by Gasteiger charge is -2.41. The summed E-state index contributed by atoms with van der Waals surface area (Å²) in [5, 5.41) is 5.40. The summed E-state index contributed by atoms with van der Waals surface area (Å²) in [7, 11) is -0.356. The van der Waals surface area contributed by atoms with Gasteiger partial charge in [-0.1, -0.05) is 20.8 Å². The highest BCUT2D eigenvalue weighted by Gasteiger charge is 2.40. The molecule has 1 rings (SSSR count). The predicted molar refractivity (Wildman–Crippen MR) is 102 cm³/mol. The Bertz CT molecular complexity index is 512. The maximum atomic E-state index is 12.0. The molecule has 0 aromatic heterocycles. The molecule has 2 atom stereocenters. The summed E-state index contributed by atoms with van der Waals surface area (Å²) in [5.74, 6) is -0.454. The maximum absolute atomic E-state index is 12.0. The third-order valence-electron chi connectivity index (χ3n) is 5.11. The van der Waals surface area contributed by atoms with Gasteiger partial charge in [0, 0.05) is 17.7 Å². The first-order valence-electron chi connectivity index (χ1n) is 8.95. The van der Waals surface area contributed by atoms with Crippen molar-refractivity contribution in [3.05, 3.63) is 11.8 Å². The van der Waals surface area contributed by atoms with Gasteiger partial charge in [0.15, 0.2) is 8.32 Å². The van der Waals surface area contributed by atoms with Crippen LogP contribution in [-0.4, -0.2) is 39.5 Å². The zero-order valence-corrected chi connectivity index (χ0v) is 17.7. The molecule has 0 aliphatic heterocycles. The van der Waals surface area contributed by atoms with E-state index >= 15 is 0 Å². The summed E-state index contributed by atoms with van der Waals surface area (Å²) in [4.78, 5) is 23.8. The van der Waals surface area contributed by atoms with E-state index in [9.17, 15) is 9.59 Å². The molecule has 0 aromatic carbocycles. The minimum Gasteiger partial charge on any atom is -0.504 e. The highest BCUT2D eigenvalue weighted by Crippen LogP contribution is 2.39. The summed E-state index contributed by atoms with van der Waals surface area (Å²) >= 11 is 0. The summed E-state index contributed by atoms with van der Waals surface area (Å²) in [6, 6.07) is -0.435. The standard InChI is InChI=1S/C18H34N2O4Si/c1-13(12-23-5)16(21)20-17(22)19-14-9-8-10-15(11-14)24-25(6,7)18(2,3)4/h12,14-15H,8-11H2,1-7H3,(H2,19,20,21,22)/b13-12+. The number of ether oxygens (including phenoxy) is 1. The highest BCUT2D eigenvalue weighted by molar-refractivity contribution is 6.74. The van der Waals surface area contributed by atoms with Crippen LogP contribution in [0.5, 0.6) is 0 Å². The third kappa shape index (κ3) is 6.82. The van der Waals surface area contributed by atoms with Crippen molar-refractivity contribution in [3.63, 3.8) is 0 Å². The number of amides is 3. The van der Waals surface area contributed by atoms with Crippen molar-refractivity contribution in [1.82, 2.24) is 10.6 Å². The van der Waals surface area contributed by atoms with Crippen molar-refractivity contribution < 1.29 is 18.8 Å². The van der Waals surface area contributed by atoms with Gasteiger partial charge in [0.25, 0.3) is 5.91 Å². The molecule has 0 heterocycles. The average Bonchev–Trinajstić information content (AvgIpc) is 2.45. The molecule has 2 unspecified atom stereocenters. The van der Waals surface area contributed by atoms with Crippen LogP contribution in [0.15, 0.2) is 11.8 Å². The van der Waals surface area contributed by atoms with E-state index in [4.69, 9.17) is 9.16 Å². The molecule has 1 aliphatic rings. The average molecular weight is 371 g/mol. The molecule has 1 aliphatic carbocycles. The molecule has 0 bridgehead atoms. The van der Waals surface area contributed by atoms with Crippen LogP contribution in [0.25, 0.3) is 0 Å². The Balaban J connectivity index is 2.54. The van der Waals surface area contributed by atoms with Gasteiger partial charge in [0.1, 0.15) is 0 Å². The predicted octanol–water partition coefficient (Wildman–Crippen LogP) is 3.70. The zero-order chi connectivity index (χ0) is 19.3. The van der Waals surface area contributed by atoms with Crippen LogP contribution in [-0.2, 0) is 14.0 Å². The molecule has 3 amide bonds. The SMILES string of the molecule is CO/C=C(\C)C(=O)NC(=O)NC1CCCC(O[Si](C)(C)C(C)(C)C)C1. The van der Waals surface area contributed by atoms with Crippen LogP contribution in [0.3, 0.4) is 0 Å². The lowest BCUT2D eigenvalue weighted by atomic mass is 9.93. The molecule has 0 aromatic rings. The molecule has 0 radical (unpaired) electrons. The molecule has 0 saturated heterocycles. The third-order valence-corrected chi connectivity index (χ3v) is 9.64. The van der Waals surface area contributed by atoms with E-state index in [0.29, 0.717) is 5.57 Å². The Labute approximate surface area is 152 Å². The number of imide groups is 1. The van der Waals surface area contributed by atoms with Crippen molar-refractivity contribution in [2.75, 3.05) is 7.11 Å². The Morgan fingerprint density at radius 1 is 1.20 bits per heavy atom. The van der Waals surface area contributed by atoms with Crippen LogP contribution < -0.4 is 10.6 Å². The highest BCUT2D eigenvalue weighted by atomic mass is 28.4. The van der Waals surface area contributed by atoms with Crippen molar-refractivity contribution in [2.24, 2.45) is 0 Å². The maximum Gasteiger partial charge on any atom is 0.321 e. The molecule has 7 heteroatoms. The topological polar surface area (TPSA) is 76.7 Å². The van der Waals surface area contributed by atoms with Gasteiger partial charge in [-0.3, -0.25) is 10.1 Å². The molecule has 0 spiro atoms. The van der Waals surface area contributed by atoms with E-state index in [0.717, 1.165) is 25.7 Å². The quantitative estimate of drug-likeness (QED) is 0.439. The second-order valence-electron chi connectivity index (χ2n) is 8.33. The first-order valence-corrected chi connectivity index (χ1v) is 11.9. The first kappa shape index (κ1) is 21.7. The number of methoxy groups -OCH3 is 1. The first-order chi connectivity index (χ1) is 11.5. The Hall–Kier alpha value is -1.34. The number of rotatable bonds is 5. The minimum atomic E-state index is -1.82. The fourth-order valence-corrected chi connectivity index (χ4v) is 4.03. The Morgan fingerprint density at radius 2 is 1.84 bits per heavy atom. The van der Waals surface area contributed by atoms with Gasteiger partial charge in [0.2, 0.25) is 0 Å². The molecule has 6 nitrogen and oxygen atoms in total. The Morgan fingerprint density at radius 3 is 2.40 bits per heavy atom. The van der Waals surface area contributed by atoms with Crippen LogP contribution in [0, 0.1) is 0 Å². The van der Waals surface area contributed by atoms with Gasteiger partial charge >= 0.3 is 6.03 Å². The molecular weight excluding hydrogens is 336 g/mol. The van der Waals surface area contributed by atoms with E-state index < -0.39 is 20.3 Å². The van der Waals surface area contributed by atoms with Crippen molar-refractivity contribution >= 4 is 20.3 Å². The van der Waals surface area contributed by atoms with Crippen LogP contribution in [0.4, 0.5) is 4.79 Å². The lowest BCUT2D eigenvalue weighted by molar-refractivity contribution is -0.116. The number of carbonyl (C=O) groups excluding carboxylic acids is 2. The molecule has 2 N–H and O–H groups in total. The molecule has 1 fully saturated rings. The fraction of sp³-hybridized carbons (Fsp3) is 0.778. The van der Waals surface area contributed by atoms with Gasteiger partial charge < -0.3 is 14.5 Å². The summed E-state index contributed by atoms with van der Waals surface area (Å²) < 4.78 is 11.3. The largest absolute Gasteiger partial charge is 0.504 e. The number of nitrogens with one attached hydrogen (secondary N) is 2. The van der Waals surface area contributed by atoms with E-state index in [2.05, 4.69) is 44.5 Å². The van der Waals surface area contributed by atoms with E-state index in [1.165, 1.54) is 13.4 Å². The van der Waals surface area contributed by atoms with Gasteiger partial charge in [-0.2, -0.15) is 0 Å². The smallest absolute Gasteiger partial charge is 0.321 e. The zero-order valence-electron chi connectivity index (χ0n) is 16.7. The lowest BCUT2D eigenvalue weighted by Crippen LogP contribution is -2.50. The Kier molecular flexibility index (Phi) is 7.68. The van der Waals surface area contributed by atoms with Gasteiger partial charge in [-0.15, -0.1) is 0 Å². The second-order valence-corrected chi connectivity index (χ2v) is 13.1.